The quantitative estimate of drug-likeness (QED) is 0.863. The molecule has 9 heteroatoms. The van der Waals surface area contributed by atoms with Gasteiger partial charge in [-0.25, -0.2) is 8.78 Å². The summed E-state index contributed by atoms with van der Waals surface area (Å²) in [7, 11) is 1.67. The number of nitrogens with zero attached hydrogens (tertiary/aromatic N) is 3. The molecule has 1 unspecified atom stereocenters. The summed E-state index contributed by atoms with van der Waals surface area (Å²) in [6.45, 7) is 2.18. The van der Waals surface area contributed by atoms with Crippen molar-refractivity contribution in [3.63, 3.8) is 0 Å². The average molecular weight is 397 g/mol. The fourth-order valence-corrected chi connectivity index (χ4v) is 3.29. The fraction of sp³-hybridized carbons (Fsp3) is 0.389. The second-order valence-corrected chi connectivity index (χ2v) is 6.91. The van der Waals surface area contributed by atoms with Crippen molar-refractivity contribution >= 4 is 23.4 Å². The van der Waals surface area contributed by atoms with Crippen LogP contribution in [0, 0.1) is 18.6 Å². The highest BCUT2D eigenvalue weighted by atomic mass is 35.5. The summed E-state index contributed by atoms with van der Waals surface area (Å²) in [5.74, 6) is -2.22. The van der Waals surface area contributed by atoms with Crippen LogP contribution in [0.1, 0.15) is 34.6 Å². The van der Waals surface area contributed by atoms with Crippen LogP contribution in [0.15, 0.2) is 18.2 Å². The second kappa shape index (κ2) is 7.64. The molecule has 0 spiro atoms. The number of hydrogen-bond acceptors (Lipinski definition) is 3. The van der Waals surface area contributed by atoms with Crippen molar-refractivity contribution in [3.05, 3.63) is 51.8 Å². The number of amides is 2. The van der Waals surface area contributed by atoms with E-state index >= 15 is 0 Å². The number of aryl methyl sites for hydroxylation is 1. The molecule has 1 aromatic heterocycles. The fourth-order valence-electron chi connectivity index (χ4n) is 3.04. The molecule has 0 bridgehead atoms. The molecule has 6 nitrogen and oxygen atoms in total. The largest absolute Gasteiger partial charge is 0.339 e. The Morgan fingerprint density at radius 3 is 2.78 bits per heavy atom. The summed E-state index contributed by atoms with van der Waals surface area (Å²) in [6, 6.07) is 2.51. The number of hydrogen-bond donors (Lipinski definition) is 1. The maximum Gasteiger partial charge on any atom is 0.274 e. The SMILES string of the molecule is Cc1c(Cl)c(C(=O)NC2CCCN(Cc3ccc(F)cc3F)C2=O)nn1C. The minimum Gasteiger partial charge on any atom is -0.339 e. The van der Waals surface area contributed by atoms with Gasteiger partial charge in [0, 0.05) is 31.8 Å². The minimum absolute atomic E-state index is 0.0147. The third kappa shape index (κ3) is 3.95. The lowest BCUT2D eigenvalue weighted by molar-refractivity contribution is -0.136. The van der Waals surface area contributed by atoms with Crippen LogP contribution in [0.25, 0.3) is 0 Å². The second-order valence-electron chi connectivity index (χ2n) is 6.54. The van der Waals surface area contributed by atoms with Crippen LogP contribution in [-0.2, 0) is 18.4 Å². The standard InChI is InChI=1S/C18H19ClF2N4O2/c1-10-15(19)16(23-24(10)2)17(26)22-14-4-3-7-25(18(14)27)9-11-5-6-12(20)8-13(11)21/h5-6,8,14H,3-4,7,9H2,1-2H3,(H,22,26). The Morgan fingerprint density at radius 1 is 1.41 bits per heavy atom. The number of carbonyl (C=O) groups excluding carboxylic acids is 2. The third-order valence-corrected chi connectivity index (χ3v) is 5.14. The van der Waals surface area contributed by atoms with Crippen molar-refractivity contribution in [1.82, 2.24) is 20.0 Å². The van der Waals surface area contributed by atoms with Gasteiger partial charge in [-0.1, -0.05) is 17.7 Å². The van der Waals surface area contributed by atoms with Gasteiger partial charge in [0.05, 0.1) is 10.7 Å². The highest BCUT2D eigenvalue weighted by Crippen LogP contribution is 2.21. The molecule has 2 aromatic rings. The molecule has 1 aliphatic heterocycles. The number of rotatable bonds is 4. The van der Waals surface area contributed by atoms with E-state index in [0.29, 0.717) is 25.1 Å². The number of aromatic nitrogens is 2. The first kappa shape index (κ1) is 19.3. The Labute approximate surface area is 160 Å². The molecule has 2 amide bonds. The molecule has 27 heavy (non-hydrogen) atoms. The monoisotopic (exact) mass is 396 g/mol. The number of likely N-dealkylation sites (tertiary alicyclic amines) is 1. The van der Waals surface area contributed by atoms with E-state index in [2.05, 4.69) is 10.4 Å². The molecule has 1 N–H and O–H groups in total. The molecule has 0 radical (unpaired) electrons. The molecule has 1 atom stereocenters. The van der Waals surface area contributed by atoms with E-state index in [-0.39, 0.29) is 28.7 Å². The van der Waals surface area contributed by atoms with Crippen LogP contribution < -0.4 is 5.32 Å². The van der Waals surface area contributed by atoms with Gasteiger partial charge in [0.25, 0.3) is 5.91 Å². The van der Waals surface area contributed by atoms with Gasteiger partial charge in [0.2, 0.25) is 5.91 Å². The lowest BCUT2D eigenvalue weighted by atomic mass is 10.0. The number of nitrogens with one attached hydrogen (secondary N) is 1. The normalized spacial score (nSPS) is 17.3. The molecular formula is C18H19ClF2N4O2. The van der Waals surface area contributed by atoms with E-state index in [9.17, 15) is 18.4 Å². The van der Waals surface area contributed by atoms with E-state index < -0.39 is 23.6 Å². The molecule has 0 aliphatic carbocycles. The first-order valence-corrected chi connectivity index (χ1v) is 8.88. The topological polar surface area (TPSA) is 67.2 Å². The Bertz CT molecular complexity index is 900. The Hall–Kier alpha value is -2.48. The predicted molar refractivity (Wildman–Crippen MR) is 95.2 cm³/mol. The first-order valence-electron chi connectivity index (χ1n) is 8.50. The summed E-state index contributed by atoms with van der Waals surface area (Å²) >= 11 is 6.12. The number of benzene rings is 1. The Balaban J connectivity index is 1.71. The zero-order chi connectivity index (χ0) is 19.7. The smallest absolute Gasteiger partial charge is 0.274 e. The third-order valence-electron chi connectivity index (χ3n) is 4.69. The van der Waals surface area contributed by atoms with Gasteiger partial charge in [-0.15, -0.1) is 0 Å². The van der Waals surface area contributed by atoms with Gasteiger partial charge in [0.15, 0.2) is 5.69 Å². The summed E-state index contributed by atoms with van der Waals surface area (Å²) < 4.78 is 28.4. The van der Waals surface area contributed by atoms with Crippen molar-refractivity contribution in [2.24, 2.45) is 7.05 Å². The predicted octanol–water partition coefficient (Wildman–Crippen LogP) is 2.58. The molecule has 144 valence electrons. The van der Waals surface area contributed by atoms with Gasteiger partial charge < -0.3 is 10.2 Å². The van der Waals surface area contributed by atoms with Crippen LogP contribution >= 0.6 is 11.6 Å². The maximum absolute atomic E-state index is 13.9. The molecule has 1 aromatic carbocycles. The lowest BCUT2D eigenvalue weighted by Gasteiger charge is -2.32. The van der Waals surface area contributed by atoms with E-state index in [1.165, 1.54) is 15.6 Å². The summed E-state index contributed by atoms with van der Waals surface area (Å²) in [4.78, 5) is 26.6. The molecule has 3 rings (SSSR count). The first-order chi connectivity index (χ1) is 12.8. The molecule has 2 heterocycles. The molecule has 1 saturated heterocycles. The van der Waals surface area contributed by atoms with Crippen LogP contribution in [-0.4, -0.2) is 39.1 Å². The minimum atomic E-state index is -0.742. The van der Waals surface area contributed by atoms with E-state index in [1.54, 1.807) is 14.0 Å². The lowest BCUT2D eigenvalue weighted by Crippen LogP contribution is -2.52. The van der Waals surface area contributed by atoms with E-state index in [0.717, 1.165) is 12.1 Å². The Morgan fingerprint density at radius 2 is 2.15 bits per heavy atom. The summed E-state index contributed by atoms with van der Waals surface area (Å²) in [6.07, 6.45) is 1.12. The van der Waals surface area contributed by atoms with Crippen molar-refractivity contribution in [3.8, 4) is 0 Å². The molecule has 1 aliphatic rings. The van der Waals surface area contributed by atoms with Crippen LogP contribution in [0.2, 0.25) is 5.02 Å². The van der Waals surface area contributed by atoms with Crippen molar-refractivity contribution in [2.45, 2.75) is 32.4 Å². The Kier molecular flexibility index (Phi) is 5.46. The van der Waals surface area contributed by atoms with Gasteiger partial charge in [-0.2, -0.15) is 5.10 Å². The van der Waals surface area contributed by atoms with Gasteiger partial charge in [0.1, 0.15) is 17.7 Å². The van der Waals surface area contributed by atoms with Crippen molar-refractivity contribution in [2.75, 3.05) is 6.54 Å². The zero-order valence-corrected chi connectivity index (χ0v) is 15.7. The van der Waals surface area contributed by atoms with Crippen molar-refractivity contribution in [1.29, 1.82) is 0 Å². The van der Waals surface area contributed by atoms with Crippen LogP contribution in [0.4, 0.5) is 8.78 Å². The highest BCUT2D eigenvalue weighted by molar-refractivity contribution is 6.34. The van der Waals surface area contributed by atoms with E-state index in [1.807, 2.05) is 0 Å². The van der Waals surface area contributed by atoms with Crippen molar-refractivity contribution < 1.29 is 18.4 Å². The number of piperidine rings is 1. The van der Waals surface area contributed by atoms with Crippen LogP contribution in [0.3, 0.4) is 0 Å². The summed E-state index contributed by atoms with van der Waals surface area (Å²) in [5.41, 5.74) is 0.927. The average Bonchev–Trinajstić information content (AvgIpc) is 2.88. The van der Waals surface area contributed by atoms with Gasteiger partial charge >= 0.3 is 0 Å². The van der Waals surface area contributed by atoms with E-state index in [4.69, 9.17) is 11.6 Å². The van der Waals surface area contributed by atoms with Gasteiger partial charge in [-0.3, -0.25) is 14.3 Å². The number of carbonyl (C=O) groups is 2. The molecular weight excluding hydrogens is 378 g/mol. The van der Waals surface area contributed by atoms with Gasteiger partial charge in [-0.05, 0) is 25.8 Å². The van der Waals surface area contributed by atoms with Crippen LogP contribution in [0.5, 0.6) is 0 Å². The maximum atomic E-state index is 13.9. The molecule has 0 saturated carbocycles. The summed E-state index contributed by atoms with van der Waals surface area (Å²) in [5, 5.41) is 6.97. The zero-order valence-electron chi connectivity index (χ0n) is 14.9. The highest BCUT2D eigenvalue weighted by Gasteiger charge is 2.32. The molecule has 1 fully saturated rings. The number of halogens is 3.